The SMILES string of the molecule is N#CCS(=O)(=O)Nc1ccccc1SC(F)F. The molecule has 1 aromatic carbocycles. The smallest absolute Gasteiger partial charge is 0.282 e. The van der Waals surface area contributed by atoms with Crippen molar-refractivity contribution in [3.8, 4) is 6.07 Å². The fraction of sp³-hybridized carbons (Fsp3) is 0.222. The molecule has 0 bridgehead atoms. The normalized spacial score (nSPS) is 11.2. The number of para-hydroxylation sites is 1. The molecule has 0 aliphatic heterocycles. The molecule has 1 N–H and O–H groups in total. The summed E-state index contributed by atoms with van der Waals surface area (Å²) in [6.45, 7) is 0. The molecule has 0 aliphatic rings. The zero-order valence-electron chi connectivity index (χ0n) is 8.43. The van der Waals surface area contributed by atoms with E-state index in [9.17, 15) is 17.2 Å². The number of benzene rings is 1. The minimum Gasteiger partial charge on any atom is -0.282 e. The van der Waals surface area contributed by atoms with E-state index in [0.717, 1.165) is 0 Å². The third-order valence-electron chi connectivity index (χ3n) is 1.62. The molecule has 1 rings (SSSR count). The zero-order valence-corrected chi connectivity index (χ0v) is 10.1. The Morgan fingerprint density at radius 1 is 1.41 bits per heavy atom. The highest BCUT2D eigenvalue weighted by atomic mass is 32.2. The van der Waals surface area contributed by atoms with Gasteiger partial charge >= 0.3 is 0 Å². The highest BCUT2D eigenvalue weighted by Crippen LogP contribution is 2.32. The van der Waals surface area contributed by atoms with Crippen molar-refractivity contribution in [2.75, 3.05) is 10.5 Å². The summed E-state index contributed by atoms with van der Waals surface area (Å²) in [5.41, 5.74) is 0.0491. The molecule has 0 radical (unpaired) electrons. The Morgan fingerprint density at radius 2 is 2.06 bits per heavy atom. The van der Waals surface area contributed by atoms with Crippen LogP contribution in [0, 0.1) is 11.3 Å². The Labute approximate surface area is 102 Å². The van der Waals surface area contributed by atoms with E-state index in [4.69, 9.17) is 5.26 Å². The number of nitrogens with one attached hydrogen (secondary N) is 1. The Bertz CT molecular complexity index is 526. The van der Waals surface area contributed by atoms with Crippen LogP contribution >= 0.6 is 11.8 Å². The zero-order chi connectivity index (χ0) is 12.9. The van der Waals surface area contributed by atoms with Crippen LogP contribution in [0.4, 0.5) is 14.5 Å². The first-order valence-corrected chi connectivity index (χ1v) is 6.89. The number of nitrogens with zero attached hydrogens (tertiary/aromatic N) is 1. The molecule has 0 atom stereocenters. The van der Waals surface area contributed by atoms with E-state index in [1.807, 2.05) is 0 Å². The Hall–Kier alpha value is -1.33. The van der Waals surface area contributed by atoms with Crippen LogP contribution in [-0.4, -0.2) is 19.9 Å². The number of alkyl halides is 2. The highest BCUT2D eigenvalue weighted by Gasteiger charge is 2.14. The van der Waals surface area contributed by atoms with Crippen molar-refractivity contribution in [1.82, 2.24) is 0 Å². The van der Waals surface area contributed by atoms with Gasteiger partial charge in [0.1, 0.15) is 0 Å². The van der Waals surface area contributed by atoms with Gasteiger partial charge in [-0.15, -0.1) is 0 Å². The average molecular weight is 278 g/mol. The minimum absolute atomic E-state index is 0.0491. The van der Waals surface area contributed by atoms with E-state index in [1.54, 1.807) is 0 Å². The van der Waals surface area contributed by atoms with Crippen LogP contribution in [0.3, 0.4) is 0 Å². The first-order chi connectivity index (χ1) is 7.94. The predicted octanol–water partition coefficient (Wildman–Crippen LogP) is 2.27. The number of thioether (sulfide) groups is 1. The molecule has 0 unspecified atom stereocenters. The lowest BCUT2D eigenvalue weighted by molar-refractivity contribution is 0.252. The van der Waals surface area contributed by atoms with E-state index >= 15 is 0 Å². The van der Waals surface area contributed by atoms with Crippen molar-refractivity contribution >= 4 is 27.5 Å². The first-order valence-electron chi connectivity index (χ1n) is 4.36. The van der Waals surface area contributed by atoms with Gasteiger partial charge in [0.05, 0.1) is 11.8 Å². The summed E-state index contributed by atoms with van der Waals surface area (Å²) >= 11 is 0.241. The van der Waals surface area contributed by atoms with Crippen molar-refractivity contribution in [1.29, 1.82) is 5.26 Å². The molecule has 0 aliphatic carbocycles. The molecule has 0 saturated heterocycles. The molecule has 8 heteroatoms. The Balaban J connectivity index is 2.95. The van der Waals surface area contributed by atoms with Crippen LogP contribution in [0.2, 0.25) is 0 Å². The lowest BCUT2D eigenvalue weighted by atomic mass is 10.3. The Kier molecular flexibility index (Phi) is 4.72. The number of hydrogen-bond acceptors (Lipinski definition) is 4. The van der Waals surface area contributed by atoms with Crippen molar-refractivity contribution in [3.63, 3.8) is 0 Å². The number of hydrogen-bond donors (Lipinski definition) is 1. The molecule has 92 valence electrons. The van der Waals surface area contributed by atoms with Crippen LogP contribution in [0.1, 0.15) is 0 Å². The van der Waals surface area contributed by atoms with Crippen molar-refractivity contribution < 1.29 is 17.2 Å². The molecule has 0 fully saturated rings. The van der Waals surface area contributed by atoms with Crippen LogP contribution in [0.15, 0.2) is 29.2 Å². The van der Waals surface area contributed by atoms with Gasteiger partial charge in [0, 0.05) is 4.90 Å². The lowest BCUT2D eigenvalue weighted by Gasteiger charge is -2.09. The van der Waals surface area contributed by atoms with Gasteiger partial charge in [0.15, 0.2) is 5.75 Å². The van der Waals surface area contributed by atoms with Gasteiger partial charge in [0.25, 0.3) is 5.76 Å². The minimum atomic E-state index is -3.81. The summed E-state index contributed by atoms with van der Waals surface area (Å²) in [6, 6.07) is 7.25. The van der Waals surface area contributed by atoms with Gasteiger partial charge in [-0.05, 0) is 12.1 Å². The fourth-order valence-corrected chi connectivity index (χ4v) is 2.45. The van der Waals surface area contributed by atoms with Crippen molar-refractivity contribution in [3.05, 3.63) is 24.3 Å². The maximum atomic E-state index is 12.2. The summed E-state index contributed by atoms with van der Waals surface area (Å²) in [5, 5.41) is 8.30. The fourth-order valence-electron chi connectivity index (χ4n) is 1.04. The Morgan fingerprint density at radius 3 is 2.65 bits per heavy atom. The van der Waals surface area contributed by atoms with Crippen molar-refractivity contribution in [2.45, 2.75) is 10.7 Å². The summed E-state index contributed by atoms with van der Waals surface area (Å²) in [5.74, 6) is -3.36. The summed E-state index contributed by atoms with van der Waals surface area (Å²) in [7, 11) is -3.81. The topological polar surface area (TPSA) is 70.0 Å². The van der Waals surface area contributed by atoms with E-state index < -0.39 is 21.5 Å². The molecule has 0 heterocycles. The van der Waals surface area contributed by atoms with Gasteiger partial charge in [-0.2, -0.15) is 14.0 Å². The third kappa shape index (κ3) is 4.58. The van der Waals surface area contributed by atoms with Gasteiger partial charge < -0.3 is 0 Å². The number of rotatable bonds is 5. The summed E-state index contributed by atoms with van der Waals surface area (Å²) < 4.78 is 49.1. The van der Waals surface area contributed by atoms with E-state index in [1.165, 1.54) is 30.3 Å². The second kappa shape index (κ2) is 5.84. The van der Waals surface area contributed by atoms with Gasteiger partial charge in [-0.25, -0.2) is 8.42 Å². The number of nitriles is 1. The molecular formula is C9H8F2N2O2S2. The lowest BCUT2D eigenvalue weighted by Crippen LogP contribution is -2.16. The van der Waals surface area contributed by atoms with Gasteiger partial charge in [-0.1, -0.05) is 23.9 Å². The molecule has 1 aromatic rings. The summed E-state index contributed by atoms with van der Waals surface area (Å²) in [6.07, 6.45) is 0. The molecule has 0 saturated carbocycles. The van der Waals surface area contributed by atoms with Crippen LogP contribution in [0.5, 0.6) is 0 Å². The molecule has 0 spiro atoms. The molecule has 17 heavy (non-hydrogen) atoms. The maximum absolute atomic E-state index is 12.2. The summed E-state index contributed by atoms with van der Waals surface area (Å²) in [4.78, 5) is 0.115. The van der Waals surface area contributed by atoms with Crippen LogP contribution < -0.4 is 4.72 Å². The standard InChI is InChI=1S/C9H8F2N2O2S2/c10-9(11)16-8-4-2-1-3-7(8)13-17(14,15)6-5-12/h1-4,9,13H,6H2. The highest BCUT2D eigenvalue weighted by molar-refractivity contribution is 7.99. The van der Waals surface area contributed by atoms with Crippen molar-refractivity contribution in [2.24, 2.45) is 0 Å². The second-order valence-electron chi connectivity index (χ2n) is 2.89. The van der Waals surface area contributed by atoms with Gasteiger partial charge in [-0.3, -0.25) is 4.72 Å². The third-order valence-corrected chi connectivity index (χ3v) is 3.45. The first kappa shape index (κ1) is 13.7. The number of halogens is 2. The predicted molar refractivity (Wildman–Crippen MR) is 61.3 cm³/mol. The quantitative estimate of drug-likeness (QED) is 0.839. The number of anilines is 1. The van der Waals surface area contributed by atoms with Crippen LogP contribution in [-0.2, 0) is 10.0 Å². The number of sulfonamides is 1. The van der Waals surface area contributed by atoms with E-state index in [-0.39, 0.29) is 22.3 Å². The molecule has 0 amide bonds. The second-order valence-corrected chi connectivity index (χ2v) is 5.65. The molecule has 4 nitrogen and oxygen atoms in total. The van der Waals surface area contributed by atoms with E-state index in [2.05, 4.69) is 4.72 Å². The largest absolute Gasteiger partial charge is 0.288 e. The maximum Gasteiger partial charge on any atom is 0.288 e. The molecule has 0 aromatic heterocycles. The molecular weight excluding hydrogens is 270 g/mol. The van der Waals surface area contributed by atoms with Crippen LogP contribution in [0.25, 0.3) is 0 Å². The monoisotopic (exact) mass is 278 g/mol. The van der Waals surface area contributed by atoms with Gasteiger partial charge in [0.2, 0.25) is 10.0 Å². The van der Waals surface area contributed by atoms with E-state index in [0.29, 0.717) is 0 Å². The average Bonchev–Trinajstić information content (AvgIpc) is 2.19.